The number of amides is 1. The van der Waals surface area contributed by atoms with Crippen molar-refractivity contribution in [3.05, 3.63) is 47.3 Å². The molecule has 1 unspecified atom stereocenters. The first-order chi connectivity index (χ1) is 11.1. The third-order valence-corrected chi connectivity index (χ3v) is 3.54. The minimum absolute atomic E-state index is 0.233. The molecule has 0 aliphatic rings. The second-order valence-electron chi connectivity index (χ2n) is 5.63. The molecule has 8 heteroatoms. The van der Waals surface area contributed by atoms with Gasteiger partial charge in [-0.15, -0.1) is 0 Å². The smallest absolute Gasteiger partial charge is 0.382 e. The van der Waals surface area contributed by atoms with E-state index in [0.29, 0.717) is 0 Å². The molecule has 1 N–H and O–H groups in total. The number of hydrogen-bond acceptors (Lipinski definition) is 3. The number of aryl methyl sites for hydroxylation is 2. The topological polar surface area (TPSA) is 58.4 Å². The molecule has 0 aliphatic heterocycles. The fraction of sp³-hybridized carbons (Fsp3) is 0.375. The van der Waals surface area contributed by atoms with Crippen molar-refractivity contribution in [3.8, 4) is 5.69 Å². The zero-order valence-corrected chi connectivity index (χ0v) is 13.5. The Kier molecular flexibility index (Phi) is 4.98. The van der Waals surface area contributed by atoms with Crippen molar-refractivity contribution in [2.45, 2.75) is 26.1 Å². The highest BCUT2D eigenvalue weighted by Gasteiger charge is 2.39. The van der Waals surface area contributed by atoms with Crippen LogP contribution in [0.3, 0.4) is 0 Å². The summed E-state index contributed by atoms with van der Waals surface area (Å²) in [5.74, 6) is -0.599. The molecule has 130 valence electrons. The molecule has 2 aromatic rings. The van der Waals surface area contributed by atoms with Crippen LogP contribution in [-0.2, 0) is 0 Å². The van der Waals surface area contributed by atoms with E-state index in [1.165, 1.54) is 19.2 Å². The van der Waals surface area contributed by atoms with E-state index in [0.717, 1.165) is 22.0 Å². The van der Waals surface area contributed by atoms with Gasteiger partial charge in [-0.2, -0.15) is 18.3 Å². The van der Waals surface area contributed by atoms with Gasteiger partial charge < -0.3 is 10.0 Å². The summed E-state index contributed by atoms with van der Waals surface area (Å²) in [5.41, 5.74) is 2.76. The van der Waals surface area contributed by atoms with Gasteiger partial charge in [0, 0.05) is 18.3 Å². The SMILES string of the molecule is Cc1cc(C)n(-c2ccc(C(=O)N(C)CC(O)C(F)(F)F)cc2)n1. The van der Waals surface area contributed by atoms with Crippen LogP contribution in [0.1, 0.15) is 21.7 Å². The van der Waals surface area contributed by atoms with Gasteiger partial charge >= 0.3 is 6.18 Å². The van der Waals surface area contributed by atoms with Crippen molar-refractivity contribution in [2.24, 2.45) is 0 Å². The lowest BCUT2D eigenvalue weighted by Crippen LogP contribution is -2.41. The minimum atomic E-state index is -4.76. The van der Waals surface area contributed by atoms with Gasteiger partial charge in [0.05, 0.1) is 17.9 Å². The van der Waals surface area contributed by atoms with E-state index in [1.54, 1.807) is 16.8 Å². The summed E-state index contributed by atoms with van der Waals surface area (Å²) in [6.45, 7) is 2.94. The third-order valence-electron chi connectivity index (χ3n) is 3.54. The number of alkyl halides is 3. The number of aliphatic hydroxyl groups is 1. The van der Waals surface area contributed by atoms with Crippen LogP contribution in [-0.4, -0.2) is 51.6 Å². The molecule has 1 aromatic carbocycles. The molecule has 0 radical (unpaired) electrons. The number of nitrogens with zero attached hydrogens (tertiary/aromatic N) is 3. The van der Waals surface area contributed by atoms with E-state index < -0.39 is 24.7 Å². The first-order valence-corrected chi connectivity index (χ1v) is 7.23. The molecular weight excluding hydrogens is 323 g/mol. The Balaban J connectivity index is 2.12. The van der Waals surface area contributed by atoms with E-state index in [2.05, 4.69) is 5.10 Å². The predicted molar refractivity (Wildman–Crippen MR) is 82.1 cm³/mol. The minimum Gasteiger partial charge on any atom is -0.382 e. The Morgan fingerprint density at radius 3 is 2.33 bits per heavy atom. The number of likely N-dealkylation sites (N-methyl/N-ethyl adjacent to an activating group) is 1. The molecular formula is C16H18F3N3O2. The number of hydrogen-bond donors (Lipinski definition) is 1. The van der Waals surface area contributed by atoms with E-state index in [1.807, 2.05) is 19.9 Å². The van der Waals surface area contributed by atoms with Crippen LogP contribution in [0.2, 0.25) is 0 Å². The highest BCUT2D eigenvalue weighted by molar-refractivity contribution is 5.94. The standard InChI is InChI=1S/C16H18F3N3O2/c1-10-8-11(2)22(20-10)13-6-4-12(5-7-13)15(24)21(3)9-14(23)16(17,18)19/h4-8,14,23H,9H2,1-3H3. The second kappa shape index (κ2) is 6.64. The quantitative estimate of drug-likeness (QED) is 0.929. The van der Waals surface area contributed by atoms with E-state index in [-0.39, 0.29) is 5.56 Å². The van der Waals surface area contributed by atoms with E-state index in [9.17, 15) is 18.0 Å². The van der Waals surface area contributed by atoms with Crippen LogP contribution in [0.5, 0.6) is 0 Å². The van der Waals surface area contributed by atoms with E-state index in [4.69, 9.17) is 5.11 Å². The molecule has 24 heavy (non-hydrogen) atoms. The average Bonchev–Trinajstić information content (AvgIpc) is 2.84. The van der Waals surface area contributed by atoms with Crippen molar-refractivity contribution in [2.75, 3.05) is 13.6 Å². The highest BCUT2D eigenvalue weighted by Crippen LogP contribution is 2.21. The van der Waals surface area contributed by atoms with Gasteiger partial charge in [0.15, 0.2) is 6.10 Å². The Hall–Kier alpha value is -2.35. The van der Waals surface area contributed by atoms with Crippen LogP contribution in [0.25, 0.3) is 5.69 Å². The molecule has 1 heterocycles. The molecule has 0 spiro atoms. The van der Waals surface area contributed by atoms with Gasteiger partial charge in [-0.05, 0) is 44.2 Å². The zero-order chi connectivity index (χ0) is 18.1. The number of benzene rings is 1. The normalized spacial score (nSPS) is 13.0. The number of rotatable bonds is 4. The summed E-state index contributed by atoms with van der Waals surface area (Å²) in [7, 11) is 1.21. The van der Waals surface area contributed by atoms with Crippen molar-refractivity contribution in [1.82, 2.24) is 14.7 Å². The summed E-state index contributed by atoms with van der Waals surface area (Å²) in [6.07, 6.45) is -7.33. The maximum Gasteiger partial charge on any atom is 0.416 e. The second-order valence-corrected chi connectivity index (χ2v) is 5.63. The lowest BCUT2D eigenvalue weighted by atomic mass is 10.1. The van der Waals surface area contributed by atoms with Gasteiger partial charge in [-0.25, -0.2) is 4.68 Å². The van der Waals surface area contributed by atoms with E-state index >= 15 is 0 Å². The third kappa shape index (κ3) is 3.94. The number of aliphatic hydroxyl groups excluding tert-OH is 1. The van der Waals surface area contributed by atoms with Crippen LogP contribution in [0.4, 0.5) is 13.2 Å². The van der Waals surface area contributed by atoms with Crippen molar-refractivity contribution >= 4 is 5.91 Å². The first-order valence-electron chi connectivity index (χ1n) is 7.23. The van der Waals surface area contributed by atoms with Gasteiger partial charge in [0.2, 0.25) is 0 Å². The fourth-order valence-electron chi connectivity index (χ4n) is 2.30. The summed E-state index contributed by atoms with van der Waals surface area (Å²) in [6, 6.07) is 8.28. The fourth-order valence-corrected chi connectivity index (χ4v) is 2.30. The van der Waals surface area contributed by atoms with Gasteiger partial charge in [-0.1, -0.05) is 0 Å². The van der Waals surface area contributed by atoms with Crippen molar-refractivity contribution < 1.29 is 23.1 Å². The lowest BCUT2D eigenvalue weighted by molar-refractivity contribution is -0.205. The number of carbonyl (C=O) groups excluding carboxylic acids is 1. The molecule has 1 amide bonds. The molecule has 0 aliphatic carbocycles. The highest BCUT2D eigenvalue weighted by atomic mass is 19.4. The molecule has 1 aromatic heterocycles. The Bertz CT molecular complexity index is 723. The first kappa shape index (κ1) is 18.0. The monoisotopic (exact) mass is 341 g/mol. The van der Waals surface area contributed by atoms with Gasteiger partial charge in [0.1, 0.15) is 0 Å². The number of halogens is 3. The largest absolute Gasteiger partial charge is 0.416 e. The van der Waals surface area contributed by atoms with Gasteiger partial charge in [-0.3, -0.25) is 4.79 Å². The lowest BCUT2D eigenvalue weighted by Gasteiger charge is -2.22. The Labute approximate surface area is 137 Å². The molecule has 2 rings (SSSR count). The summed E-state index contributed by atoms with van der Waals surface area (Å²) < 4.78 is 38.8. The van der Waals surface area contributed by atoms with Gasteiger partial charge in [0.25, 0.3) is 5.91 Å². The molecule has 0 saturated heterocycles. The average molecular weight is 341 g/mol. The summed E-state index contributed by atoms with van der Waals surface area (Å²) in [5, 5.41) is 13.4. The maximum absolute atomic E-state index is 12.4. The van der Waals surface area contributed by atoms with Crippen LogP contribution >= 0.6 is 0 Å². The Morgan fingerprint density at radius 1 is 1.29 bits per heavy atom. The molecule has 5 nitrogen and oxygen atoms in total. The van der Waals surface area contributed by atoms with Crippen molar-refractivity contribution in [1.29, 1.82) is 0 Å². The number of carbonyl (C=O) groups is 1. The van der Waals surface area contributed by atoms with Crippen LogP contribution < -0.4 is 0 Å². The molecule has 0 fully saturated rings. The Morgan fingerprint density at radius 2 is 1.88 bits per heavy atom. The van der Waals surface area contributed by atoms with Crippen molar-refractivity contribution in [3.63, 3.8) is 0 Å². The zero-order valence-electron chi connectivity index (χ0n) is 13.5. The molecule has 0 saturated carbocycles. The van der Waals surface area contributed by atoms with Crippen LogP contribution in [0.15, 0.2) is 30.3 Å². The maximum atomic E-state index is 12.4. The summed E-state index contributed by atoms with van der Waals surface area (Å²) >= 11 is 0. The molecule has 0 bridgehead atoms. The predicted octanol–water partition coefficient (Wildman–Crippen LogP) is 2.48. The number of aromatic nitrogens is 2. The summed E-state index contributed by atoms with van der Waals surface area (Å²) in [4.78, 5) is 13.0. The van der Waals surface area contributed by atoms with Crippen LogP contribution in [0, 0.1) is 13.8 Å². The molecule has 1 atom stereocenters.